The van der Waals surface area contributed by atoms with E-state index in [2.05, 4.69) is 10.5 Å². The van der Waals surface area contributed by atoms with Gasteiger partial charge in [-0.15, -0.1) is 0 Å². The summed E-state index contributed by atoms with van der Waals surface area (Å²) in [6.45, 7) is 2.66. The second-order valence-electron chi connectivity index (χ2n) is 7.14. The first-order valence-electron chi connectivity index (χ1n) is 10.3. The minimum Gasteiger partial charge on any atom is -0.494 e. The third-order valence-corrected chi connectivity index (χ3v) is 5.68. The molecule has 1 amide bonds. The molecule has 0 unspecified atom stereocenters. The smallest absolute Gasteiger partial charge is 0.307 e. The molecule has 34 heavy (non-hydrogen) atoms. The Labute approximate surface area is 211 Å². The van der Waals surface area contributed by atoms with Crippen LogP contribution in [0.2, 0.25) is 15.1 Å². The fourth-order valence-corrected chi connectivity index (χ4v) is 3.97. The Morgan fingerprint density at radius 3 is 2.50 bits per heavy atom. The first-order chi connectivity index (χ1) is 16.4. The van der Waals surface area contributed by atoms with Crippen LogP contribution in [0.25, 0.3) is 11.0 Å². The number of hydrogen-bond donors (Lipinski definition) is 1. The quantitative estimate of drug-likeness (QED) is 0.199. The van der Waals surface area contributed by atoms with E-state index in [1.54, 1.807) is 36.4 Å². The van der Waals surface area contributed by atoms with Gasteiger partial charge in [0, 0.05) is 16.0 Å². The van der Waals surface area contributed by atoms with Gasteiger partial charge in [-0.05, 0) is 55.0 Å². The van der Waals surface area contributed by atoms with Gasteiger partial charge < -0.3 is 13.9 Å². The lowest BCUT2D eigenvalue weighted by atomic mass is 10.2. The largest absolute Gasteiger partial charge is 0.494 e. The number of carbonyl (C=O) groups is 1. The van der Waals surface area contributed by atoms with Crippen LogP contribution >= 0.6 is 34.8 Å². The summed E-state index contributed by atoms with van der Waals surface area (Å²) in [7, 11) is 0. The van der Waals surface area contributed by atoms with E-state index in [4.69, 9.17) is 48.7 Å². The number of ether oxygens (including phenoxy) is 2. The van der Waals surface area contributed by atoms with Crippen molar-refractivity contribution in [1.82, 2.24) is 5.43 Å². The molecule has 4 aromatic rings. The Morgan fingerprint density at radius 1 is 1.00 bits per heavy atom. The lowest BCUT2D eigenvalue weighted by molar-refractivity contribution is 0.0929. The zero-order valence-electron chi connectivity index (χ0n) is 18.0. The van der Waals surface area contributed by atoms with Crippen LogP contribution in [0, 0.1) is 0 Å². The number of benzene rings is 3. The number of fused-ring (bicyclic) bond motifs is 1. The van der Waals surface area contributed by atoms with E-state index in [1.165, 1.54) is 6.21 Å². The third kappa shape index (κ3) is 5.65. The van der Waals surface area contributed by atoms with Crippen molar-refractivity contribution in [1.29, 1.82) is 0 Å². The molecule has 174 valence electrons. The highest BCUT2D eigenvalue weighted by molar-refractivity contribution is 6.37. The normalized spacial score (nSPS) is 11.2. The van der Waals surface area contributed by atoms with E-state index >= 15 is 0 Å². The summed E-state index contributed by atoms with van der Waals surface area (Å²) in [6, 6.07) is 17.6. The topological polar surface area (TPSA) is 73.1 Å². The van der Waals surface area contributed by atoms with Crippen LogP contribution in [0.3, 0.4) is 0 Å². The molecule has 0 bridgehead atoms. The van der Waals surface area contributed by atoms with Gasteiger partial charge in [-0.25, -0.2) is 5.43 Å². The third-order valence-electron chi connectivity index (χ3n) is 4.75. The average molecular weight is 518 g/mol. The molecule has 0 aliphatic rings. The number of amides is 1. The summed E-state index contributed by atoms with van der Waals surface area (Å²) >= 11 is 18.8. The number of hydrogen-bond acceptors (Lipinski definition) is 5. The highest BCUT2D eigenvalue weighted by atomic mass is 35.5. The monoisotopic (exact) mass is 516 g/mol. The molecule has 0 radical (unpaired) electrons. The van der Waals surface area contributed by atoms with Crippen LogP contribution in [0.5, 0.6) is 11.5 Å². The van der Waals surface area contributed by atoms with Crippen molar-refractivity contribution in [3.63, 3.8) is 0 Å². The van der Waals surface area contributed by atoms with Crippen LogP contribution in [0.4, 0.5) is 0 Å². The number of halogens is 3. The summed E-state index contributed by atoms with van der Waals surface area (Å²) in [5.41, 5.74) is 4.39. The number of nitrogens with one attached hydrogen (secondary N) is 1. The molecule has 9 heteroatoms. The second kappa shape index (κ2) is 10.8. The molecule has 0 aliphatic carbocycles. The molecule has 0 spiro atoms. The molecule has 0 fully saturated rings. The standard InChI is InChI=1S/C25H19Cl3N2O4/c1-2-32-18-7-8-22-17(11-18)12-23(34-22)25(31)30-29-13-15-9-20(27)24(21(28)10-15)33-14-16-5-3-4-6-19(16)26/h3-13H,2,14H2,1H3,(H,30,31)/b29-13+. The average Bonchev–Trinajstić information content (AvgIpc) is 3.23. The Kier molecular flexibility index (Phi) is 7.63. The fraction of sp³-hybridized carbons (Fsp3) is 0.120. The van der Waals surface area contributed by atoms with Crippen molar-refractivity contribution in [3.8, 4) is 11.5 Å². The van der Waals surface area contributed by atoms with E-state index in [0.717, 1.165) is 10.9 Å². The molecule has 6 nitrogen and oxygen atoms in total. The number of nitrogens with zero attached hydrogens (tertiary/aromatic N) is 1. The summed E-state index contributed by atoms with van der Waals surface area (Å²) in [5, 5.41) is 5.92. The Hall–Kier alpha value is -3.19. The van der Waals surface area contributed by atoms with Gasteiger partial charge in [0.1, 0.15) is 17.9 Å². The minimum absolute atomic E-state index is 0.125. The summed E-state index contributed by atoms with van der Waals surface area (Å²) in [5.74, 6) is 0.662. The maximum atomic E-state index is 12.4. The predicted molar refractivity (Wildman–Crippen MR) is 135 cm³/mol. The van der Waals surface area contributed by atoms with Gasteiger partial charge in [-0.3, -0.25) is 4.79 Å². The van der Waals surface area contributed by atoms with Crippen LogP contribution in [0.15, 0.2) is 70.2 Å². The van der Waals surface area contributed by atoms with Crippen LogP contribution in [0.1, 0.15) is 28.6 Å². The van der Waals surface area contributed by atoms with Gasteiger partial charge in [0.05, 0.1) is 22.9 Å². The van der Waals surface area contributed by atoms with Crippen LogP contribution < -0.4 is 14.9 Å². The molecule has 4 rings (SSSR count). The van der Waals surface area contributed by atoms with Crippen molar-refractivity contribution < 1.29 is 18.7 Å². The van der Waals surface area contributed by atoms with Gasteiger partial charge in [0.15, 0.2) is 11.5 Å². The van der Waals surface area contributed by atoms with Gasteiger partial charge in [-0.1, -0.05) is 53.0 Å². The Balaban J connectivity index is 1.41. The van der Waals surface area contributed by atoms with Crippen molar-refractivity contribution in [2.75, 3.05) is 6.61 Å². The SMILES string of the molecule is CCOc1ccc2oc(C(=O)N/N=C/c3cc(Cl)c(OCc4ccccc4Cl)c(Cl)c3)cc2c1. The molecule has 0 saturated carbocycles. The molecule has 1 heterocycles. The van der Waals surface area contributed by atoms with Gasteiger partial charge in [0.2, 0.25) is 0 Å². The molecular weight excluding hydrogens is 499 g/mol. The number of hydrazone groups is 1. The molecular formula is C25H19Cl3N2O4. The first-order valence-corrected chi connectivity index (χ1v) is 11.4. The lowest BCUT2D eigenvalue weighted by Crippen LogP contribution is -2.16. The molecule has 1 N–H and O–H groups in total. The zero-order chi connectivity index (χ0) is 24.1. The van der Waals surface area contributed by atoms with Crippen molar-refractivity contribution in [2.24, 2.45) is 5.10 Å². The van der Waals surface area contributed by atoms with Gasteiger partial charge in [0.25, 0.3) is 0 Å². The van der Waals surface area contributed by atoms with E-state index in [9.17, 15) is 4.79 Å². The van der Waals surface area contributed by atoms with Gasteiger partial charge >= 0.3 is 5.91 Å². The molecule has 3 aromatic carbocycles. The van der Waals surface area contributed by atoms with Gasteiger partial charge in [-0.2, -0.15) is 5.10 Å². The zero-order valence-corrected chi connectivity index (χ0v) is 20.2. The first kappa shape index (κ1) is 24.0. The number of rotatable bonds is 8. The lowest BCUT2D eigenvalue weighted by Gasteiger charge is -2.11. The van der Waals surface area contributed by atoms with Crippen LogP contribution in [-0.2, 0) is 6.61 Å². The van der Waals surface area contributed by atoms with Crippen LogP contribution in [-0.4, -0.2) is 18.7 Å². The highest BCUT2D eigenvalue weighted by Crippen LogP contribution is 2.35. The fourth-order valence-electron chi connectivity index (χ4n) is 3.17. The van der Waals surface area contributed by atoms with E-state index in [0.29, 0.717) is 44.3 Å². The van der Waals surface area contributed by atoms with Crippen molar-refractivity contribution in [2.45, 2.75) is 13.5 Å². The second-order valence-corrected chi connectivity index (χ2v) is 8.36. The highest BCUT2D eigenvalue weighted by Gasteiger charge is 2.13. The van der Waals surface area contributed by atoms with Crippen molar-refractivity contribution >= 4 is 57.9 Å². The molecule has 1 aromatic heterocycles. The molecule has 0 saturated heterocycles. The van der Waals surface area contributed by atoms with Crippen molar-refractivity contribution in [3.05, 3.63) is 92.6 Å². The Morgan fingerprint density at radius 2 is 1.76 bits per heavy atom. The summed E-state index contributed by atoms with van der Waals surface area (Å²) in [6.07, 6.45) is 1.42. The number of furan rings is 1. The number of carbonyl (C=O) groups excluding carboxylic acids is 1. The van der Waals surface area contributed by atoms with E-state index in [-0.39, 0.29) is 12.4 Å². The van der Waals surface area contributed by atoms with E-state index in [1.807, 2.05) is 31.2 Å². The molecule has 0 atom stereocenters. The summed E-state index contributed by atoms with van der Waals surface area (Å²) < 4.78 is 16.8. The van der Waals surface area contributed by atoms with E-state index < -0.39 is 5.91 Å². The maximum absolute atomic E-state index is 12.4. The predicted octanol–water partition coefficient (Wildman–Crippen LogP) is 7.13. The summed E-state index contributed by atoms with van der Waals surface area (Å²) in [4.78, 5) is 12.4. The minimum atomic E-state index is -0.498. The Bertz CT molecular complexity index is 1340. The maximum Gasteiger partial charge on any atom is 0.307 e. The molecule has 0 aliphatic heterocycles.